The molecule has 4 rings (SSSR count). The second-order valence-electron chi connectivity index (χ2n) is 6.55. The van der Waals surface area contributed by atoms with E-state index in [1.165, 1.54) is 11.1 Å². The molecule has 0 radical (unpaired) electrons. The molecule has 0 saturated heterocycles. The number of aldehydes is 1. The molecule has 0 unspecified atom stereocenters. The van der Waals surface area contributed by atoms with Gasteiger partial charge >= 0.3 is 0 Å². The Morgan fingerprint density at radius 3 is 2.68 bits per heavy atom. The molecule has 0 atom stereocenters. The van der Waals surface area contributed by atoms with Crippen LogP contribution in [0.1, 0.15) is 24.1 Å². The van der Waals surface area contributed by atoms with E-state index in [2.05, 4.69) is 59.4 Å². The predicted molar refractivity (Wildman–Crippen MR) is 121 cm³/mol. The molecule has 2 aromatic carbocycles. The van der Waals surface area contributed by atoms with E-state index in [1.54, 1.807) is 0 Å². The van der Waals surface area contributed by atoms with Crippen molar-refractivity contribution in [3.63, 3.8) is 0 Å². The molecule has 3 aromatic rings. The van der Waals surface area contributed by atoms with Gasteiger partial charge in [-0.3, -0.25) is 4.98 Å². The first-order valence-electron chi connectivity index (χ1n) is 9.36. The highest BCUT2D eigenvalue weighted by Crippen LogP contribution is 2.25. The van der Waals surface area contributed by atoms with Crippen LogP contribution < -0.4 is 5.32 Å². The lowest BCUT2D eigenvalue weighted by atomic mass is 9.97. The van der Waals surface area contributed by atoms with Crippen molar-refractivity contribution >= 4 is 40.9 Å². The number of nitrogens with zero attached hydrogens (tertiary/aromatic N) is 1. The zero-order valence-electron chi connectivity index (χ0n) is 15.9. The number of hydrogen-bond donors (Lipinski definition) is 2. The van der Waals surface area contributed by atoms with Crippen LogP contribution in [0.5, 0.6) is 0 Å². The maximum absolute atomic E-state index is 10.6. The molecule has 1 N–H and O–H groups in total. The fourth-order valence-electron chi connectivity index (χ4n) is 3.05. The average molecular weight is 389 g/mol. The van der Waals surface area contributed by atoms with Gasteiger partial charge in [0.25, 0.3) is 0 Å². The van der Waals surface area contributed by atoms with Gasteiger partial charge in [-0.25, -0.2) is 0 Å². The summed E-state index contributed by atoms with van der Waals surface area (Å²) in [5, 5.41) is 5.27. The van der Waals surface area contributed by atoms with Gasteiger partial charge in [0.05, 0.1) is 0 Å². The van der Waals surface area contributed by atoms with Gasteiger partial charge in [-0.05, 0) is 59.7 Å². The van der Waals surface area contributed by atoms with Gasteiger partial charge in [0.15, 0.2) is 0 Å². The van der Waals surface area contributed by atoms with Crippen LogP contribution in [0.2, 0.25) is 0 Å². The maximum atomic E-state index is 10.6. The number of rotatable bonds is 4. The Morgan fingerprint density at radius 2 is 2.00 bits per heavy atom. The molecule has 0 spiro atoms. The third kappa shape index (κ3) is 5.33. The maximum Gasteiger partial charge on any atom is 0.125 e. The molecule has 0 aliphatic heterocycles. The van der Waals surface area contributed by atoms with Crippen molar-refractivity contribution in [3.8, 4) is 0 Å². The zero-order chi connectivity index (χ0) is 19.8. The third-order valence-corrected chi connectivity index (χ3v) is 4.81. The summed E-state index contributed by atoms with van der Waals surface area (Å²) >= 11 is 4.17. The van der Waals surface area contributed by atoms with E-state index in [1.807, 2.05) is 43.6 Å². The normalized spacial score (nSPS) is 12.7. The lowest BCUT2D eigenvalue weighted by molar-refractivity contribution is -0.107. The molecule has 142 valence electrons. The number of carbonyl (C=O) groups excluding carboxylic acids is 1. The Hall–Kier alpha value is -2.85. The van der Waals surface area contributed by atoms with Crippen LogP contribution >= 0.6 is 12.6 Å². The molecule has 1 aromatic heterocycles. The minimum absolute atomic E-state index is 0.378. The molecule has 28 heavy (non-hydrogen) atoms. The Bertz CT molecular complexity index is 1020. The number of benzene rings is 2. The SMILES string of the molecule is CNc1cccc(S)c1.O=CCc1cc2cc(C3=CCCC=C3)ccc2cn1. The average Bonchev–Trinajstić information content (AvgIpc) is 2.74. The van der Waals surface area contributed by atoms with Crippen LogP contribution in [0.3, 0.4) is 0 Å². The highest BCUT2D eigenvalue weighted by Gasteiger charge is 2.04. The molecule has 1 aliphatic rings. The van der Waals surface area contributed by atoms with Crippen LogP contribution in [-0.4, -0.2) is 18.3 Å². The highest BCUT2D eigenvalue weighted by atomic mass is 32.1. The van der Waals surface area contributed by atoms with Crippen LogP contribution in [0.25, 0.3) is 16.3 Å². The van der Waals surface area contributed by atoms with Crippen molar-refractivity contribution in [1.29, 1.82) is 0 Å². The van der Waals surface area contributed by atoms with Crippen molar-refractivity contribution in [3.05, 3.63) is 84.2 Å². The van der Waals surface area contributed by atoms with E-state index in [0.717, 1.165) is 46.2 Å². The van der Waals surface area contributed by atoms with Gasteiger partial charge in [-0.1, -0.05) is 36.4 Å². The summed E-state index contributed by atoms with van der Waals surface area (Å²) in [5.41, 5.74) is 4.43. The minimum Gasteiger partial charge on any atom is -0.388 e. The van der Waals surface area contributed by atoms with Crippen molar-refractivity contribution in [1.82, 2.24) is 4.98 Å². The Kier molecular flexibility index (Phi) is 7.04. The Labute approximate surface area is 171 Å². The first-order chi connectivity index (χ1) is 13.7. The summed E-state index contributed by atoms with van der Waals surface area (Å²) in [5.74, 6) is 0. The number of nitrogens with one attached hydrogen (secondary N) is 1. The third-order valence-electron chi connectivity index (χ3n) is 4.53. The molecule has 0 bridgehead atoms. The molecule has 0 saturated carbocycles. The number of hydrogen-bond acceptors (Lipinski definition) is 4. The first-order valence-corrected chi connectivity index (χ1v) is 9.80. The number of carbonyl (C=O) groups is 1. The topological polar surface area (TPSA) is 42.0 Å². The summed E-state index contributed by atoms with van der Waals surface area (Å²) in [4.78, 5) is 15.8. The van der Waals surface area contributed by atoms with E-state index in [-0.39, 0.29) is 0 Å². The van der Waals surface area contributed by atoms with Crippen molar-refractivity contribution < 1.29 is 4.79 Å². The lowest BCUT2D eigenvalue weighted by Crippen LogP contribution is -1.91. The number of allylic oxidation sites excluding steroid dienone is 4. The summed E-state index contributed by atoms with van der Waals surface area (Å²) < 4.78 is 0. The van der Waals surface area contributed by atoms with Gasteiger partial charge in [0, 0.05) is 41.3 Å². The van der Waals surface area contributed by atoms with Gasteiger partial charge in [-0.2, -0.15) is 0 Å². The summed E-state index contributed by atoms with van der Waals surface area (Å²) in [6.45, 7) is 0. The summed E-state index contributed by atoms with van der Waals surface area (Å²) in [6, 6.07) is 16.3. The van der Waals surface area contributed by atoms with Gasteiger partial charge in [0.2, 0.25) is 0 Å². The molecule has 1 heterocycles. The quantitative estimate of drug-likeness (QED) is 0.443. The van der Waals surface area contributed by atoms with Gasteiger partial charge in [-0.15, -0.1) is 12.6 Å². The largest absolute Gasteiger partial charge is 0.388 e. The Morgan fingerprint density at radius 1 is 1.11 bits per heavy atom. The number of anilines is 1. The molecule has 0 amide bonds. The van der Waals surface area contributed by atoms with E-state index < -0.39 is 0 Å². The highest BCUT2D eigenvalue weighted by molar-refractivity contribution is 7.80. The second-order valence-corrected chi connectivity index (χ2v) is 7.06. The van der Waals surface area contributed by atoms with Crippen molar-refractivity contribution in [2.45, 2.75) is 24.2 Å². The van der Waals surface area contributed by atoms with Gasteiger partial charge in [0.1, 0.15) is 6.29 Å². The van der Waals surface area contributed by atoms with E-state index >= 15 is 0 Å². The fraction of sp³-hybridized carbons (Fsp3) is 0.167. The van der Waals surface area contributed by atoms with Crippen LogP contribution in [0, 0.1) is 0 Å². The standard InChI is InChI=1S/C17H15NO.C7H9NS/c19-9-8-17-11-16-10-14(6-7-15(16)12-18-17)13-4-2-1-3-5-13;1-8-6-3-2-4-7(9)5-6/h2,4-7,9-12H,1,3,8H2;2-5,8-9H,1H3. The van der Waals surface area contributed by atoms with Crippen LogP contribution in [0.15, 0.2) is 77.9 Å². The molecule has 1 aliphatic carbocycles. The molecular weight excluding hydrogens is 364 g/mol. The first kappa shape index (κ1) is 19.9. The predicted octanol–water partition coefficient (Wildman–Crippen LogP) is 5.73. The number of pyridine rings is 1. The van der Waals surface area contributed by atoms with Crippen molar-refractivity contribution in [2.24, 2.45) is 0 Å². The van der Waals surface area contributed by atoms with Gasteiger partial charge < -0.3 is 10.1 Å². The number of fused-ring (bicyclic) bond motifs is 1. The fourth-order valence-corrected chi connectivity index (χ4v) is 3.28. The number of thiol groups is 1. The van der Waals surface area contributed by atoms with E-state index in [4.69, 9.17) is 0 Å². The van der Waals surface area contributed by atoms with E-state index in [0.29, 0.717) is 6.42 Å². The van der Waals surface area contributed by atoms with Crippen LogP contribution in [-0.2, 0) is 11.2 Å². The zero-order valence-corrected chi connectivity index (χ0v) is 16.8. The lowest BCUT2D eigenvalue weighted by Gasteiger charge is -2.08. The summed E-state index contributed by atoms with van der Waals surface area (Å²) in [6.07, 6.45) is 12.0. The molecular formula is C24H24N2OS. The molecule has 0 fully saturated rings. The van der Waals surface area contributed by atoms with Crippen molar-refractivity contribution in [2.75, 3.05) is 12.4 Å². The van der Waals surface area contributed by atoms with E-state index in [9.17, 15) is 4.79 Å². The molecule has 4 heteroatoms. The second kappa shape index (κ2) is 9.90. The minimum atomic E-state index is 0.378. The Balaban J connectivity index is 0.000000211. The molecule has 3 nitrogen and oxygen atoms in total. The van der Waals surface area contributed by atoms with Crippen LogP contribution in [0.4, 0.5) is 5.69 Å². The number of aromatic nitrogens is 1. The monoisotopic (exact) mass is 388 g/mol. The summed E-state index contributed by atoms with van der Waals surface area (Å²) in [7, 11) is 1.89. The smallest absolute Gasteiger partial charge is 0.125 e.